The zero-order chi connectivity index (χ0) is 8.55. The molecule has 1 heterocycles. The molecule has 2 rings (SSSR count). The van der Waals surface area contributed by atoms with Crippen molar-refractivity contribution < 1.29 is 0 Å². The highest BCUT2D eigenvalue weighted by Gasteiger charge is 2.12. The van der Waals surface area contributed by atoms with E-state index in [4.69, 9.17) is 5.73 Å². The summed E-state index contributed by atoms with van der Waals surface area (Å²) in [6.45, 7) is 1.05. The zero-order valence-corrected chi connectivity index (χ0v) is 8.89. The maximum atomic E-state index is 5.93. The lowest BCUT2D eigenvalue weighted by molar-refractivity contribution is 0.831. The Morgan fingerprint density at radius 3 is 3.08 bits per heavy atom. The molecule has 0 saturated heterocycles. The van der Waals surface area contributed by atoms with Crippen molar-refractivity contribution in [2.24, 2.45) is 0 Å². The van der Waals surface area contributed by atoms with Crippen LogP contribution < -0.4 is 11.1 Å². The van der Waals surface area contributed by atoms with Gasteiger partial charge in [-0.25, -0.2) is 0 Å². The summed E-state index contributed by atoms with van der Waals surface area (Å²) >= 11 is 2.27. The van der Waals surface area contributed by atoms with Crippen LogP contribution in [0.15, 0.2) is 12.1 Å². The van der Waals surface area contributed by atoms with Crippen molar-refractivity contribution in [3.8, 4) is 0 Å². The van der Waals surface area contributed by atoms with Crippen molar-refractivity contribution in [3.05, 3.63) is 21.3 Å². The molecule has 0 atom stereocenters. The molecule has 0 fully saturated rings. The number of hydrogen-bond acceptors (Lipinski definition) is 2. The molecule has 1 aromatic carbocycles. The number of aryl methyl sites for hydroxylation is 1. The molecular formula is C9H11IN2. The van der Waals surface area contributed by atoms with Gasteiger partial charge in [0.2, 0.25) is 0 Å². The number of nitrogens with two attached hydrogens (primary N) is 1. The van der Waals surface area contributed by atoms with Gasteiger partial charge in [0.05, 0.1) is 11.4 Å². The molecule has 0 amide bonds. The third-order valence-electron chi connectivity index (χ3n) is 2.20. The molecule has 1 aliphatic rings. The minimum Gasteiger partial charge on any atom is -0.396 e. The van der Waals surface area contributed by atoms with Gasteiger partial charge < -0.3 is 11.1 Å². The first-order valence-electron chi connectivity index (χ1n) is 4.10. The molecule has 2 nitrogen and oxygen atoms in total. The topological polar surface area (TPSA) is 38.0 Å². The monoisotopic (exact) mass is 274 g/mol. The number of benzene rings is 1. The SMILES string of the molecule is Nc1c(I)ccc2c1NCCC2. The highest BCUT2D eigenvalue weighted by molar-refractivity contribution is 14.1. The molecule has 12 heavy (non-hydrogen) atoms. The normalized spacial score (nSPS) is 15.1. The van der Waals surface area contributed by atoms with Crippen LogP contribution >= 0.6 is 22.6 Å². The molecule has 3 heteroatoms. The van der Waals surface area contributed by atoms with E-state index in [2.05, 4.69) is 40.0 Å². The second-order valence-corrected chi connectivity index (χ2v) is 4.19. The van der Waals surface area contributed by atoms with Crippen LogP contribution in [0, 0.1) is 3.57 Å². The fourth-order valence-corrected chi connectivity index (χ4v) is 2.00. The molecule has 0 saturated carbocycles. The number of fused-ring (bicyclic) bond motifs is 1. The number of halogens is 1. The first-order valence-corrected chi connectivity index (χ1v) is 5.17. The van der Waals surface area contributed by atoms with Crippen molar-refractivity contribution in [3.63, 3.8) is 0 Å². The quantitative estimate of drug-likeness (QED) is 0.562. The van der Waals surface area contributed by atoms with Crippen molar-refractivity contribution in [1.82, 2.24) is 0 Å². The number of hydrogen-bond donors (Lipinski definition) is 2. The minimum atomic E-state index is 0.910. The van der Waals surface area contributed by atoms with Crippen LogP contribution in [0.4, 0.5) is 11.4 Å². The average Bonchev–Trinajstić information content (AvgIpc) is 2.12. The summed E-state index contributed by atoms with van der Waals surface area (Å²) in [6, 6.07) is 4.25. The third-order valence-corrected chi connectivity index (χ3v) is 3.14. The van der Waals surface area contributed by atoms with E-state index in [-0.39, 0.29) is 0 Å². The molecule has 64 valence electrons. The van der Waals surface area contributed by atoms with Gasteiger partial charge in [0.25, 0.3) is 0 Å². The standard InChI is InChI=1S/C9H11IN2/c10-7-4-3-6-2-1-5-12-9(6)8(7)11/h3-4,12H,1-2,5,11H2. The molecule has 3 N–H and O–H groups in total. The van der Waals surface area contributed by atoms with Crippen molar-refractivity contribution in [2.45, 2.75) is 12.8 Å². The van der Waals surface area contributed by atoms with E-state index in [0.717, 1.165) is 27.9 Å². The van der Waals surface area contributed by atoms with E-state index < -0.39 is 0 Å². The van der Waals surface area contributed by atoms with Crippen molar-refractivity contribution in [1.29, 1.82) is 0 Å². The summed E-state index contributed by atoms with van der Waals surface area (Å²) < 4.78 is 1.14. The predicted octanol–water partition coefficient (Wildman–Crippen LogP) is 2.23. The van der Waals surface area contributed by atoms with Gasteiger partial charge in [-0.3, -0.25) is 0 Å². The molecule has 0 aromatic heterocycles. The van der Waals surface area contributed by atoms with Gasteiger partial charge in [-0.05, 0) is 47.1 Å². The predicted molar refractivity (Wildman–Crippen MR) is 60.4 cm³/mol. The van der Waals surface area contributed by atoms with Crippen LogP contribution in [-0.2, 0) is 6.42 Å². The summed E-state index contributed by atoms with van der Waals surface area (Å²) in [5, 5.41) is 3.34. The maximum absolute atomic E-state index is 5.93. The number of rotatable bonds is 0. The van der Waals surface area contributed by atoms with Gasteiger partial charge in [-0.2, -0.15) is 0 Å². The molecule has 0 unspecified atom stereocenters. The van der Waals surface area contributed by atoms with Crippen molar-refractivity contribution >= 4 is 34.0 Å². The van der Waals surface area contributed by atoms with Crippen LogP contribution in [0.1, 0.15) is 12.0 Å². The van der Waals surface area contributed by atoms with Crippen LogP contribution in [0.2, 0.25) is 0 Å². The van der Waals surface area contributed by atoms with Gasteiger partial charge in [-0.1, -0.05) is 6.07 Å². The van der Waals surface area contributed by atoms with Gasteiger partial charge in [-0.15, -0.1) is 0 Å². The van der Waals surface area contributed by atoms with Crippen LogP contribution in [0.25, 0.3) is 0 Å². The van der Waals surface area contributed by atoms with Gasteiger partial charge in [0.15, 0.2) is 0 Å². The lowest BCUT2D eigenvalue weighted by atomic mass is 10.0. The highest BCUT2D eigenvalue weighted by Crippen LogP contribution is 2.31. The van der Waals surface area contributed by atoms with Gasteiger partial charge >= 0.3 is 0 Å². The van der Waals surface area contributed by atoms with Gasteiger partial charge in [0, 0.05) is 10.1 Å². The Balaban J connectivity index is 2.54. The van der Waals surface area contributed by atoms with E-state index >= 15 is 0 Å². The molecule has 1 aliphatic heterocycles. The van der Waals surface area contributed by atoms with E-state index in [1.165, 1.54) is 12.0 Å². The third kappa shape index (κ3) is 1.26. The fraction of sp³-hybridized carbons (Fsp3) is 0.333. The van der Waals surface area contributed by atoms with Gasteiger partial charge in [0.1, 0.15) is 0 Å². The molecule has 0 spiro atoms. The fourth-order valence-electron chi connectivity index (χ4n) is 1.55. The Labute approximate surface area is 85.7 Å². The Hall–Kier alpha value is -0.450. The largest absolute Gasteiger partial charge is 0.396 e. The molecule has 0 bridgehead atoms. The summed E-state index contributed by atoms with van der Waals surface area (Å²) in [7, 11) is 0. The first kappa shape index (κ1) is 8.16. The number of nitrogen functional groups attached to an aromatic ring is 1. The summed E-state index contributed by atoms with van der Waals surface area (Å²) in [5.74, 6) is 0. The lowest BCUT2D eigenvalue weighted by Gasteiger charge is -2.20. The summed E-state index contributed by atoms with van der Waals surface area (Å²) in [6.07, 6.45) is 2.37. The van der Waals surface area contributed by atoms with Crippen LogP contribution in [0.3, 0.4) is 0 Å². The van der Waals surface area contributed by atoms with Crippen LogP contribution in [-0.4, -0.2) is 6.54 Å². The molecule has 1 aromatic rings. The summed E-state index contributed by atoms with van der Waals surface area (Å²) in [5.41, 5.74) is 9.36. The van der Waals surface area contributed by atoms with E-state index in [1.807, 2.05) is 0 Å². The van der Waals surface area contributed by atoms with E-state index in [1.54, 1.807) is 0 Å². The second-order valence-electron chi connectivity index (χ2n) is 3.03. The summed E-state index contributed by atoms with van der Waals surface area (Å²) in [4.78, 5) is 0. The molecular weight excluding hydrogens is 263 g/mol. The first-order chi connectivity index (χ1) is 5.79. The minimum absolute atomic E-state index is 0.910. The van der Waals surface area contributed by atoms with Crippen LogP contribution in [0.5, 0.6) is 0 Å². The Kier molecular flexibility index (Phi) is 2.12. The molecule has 0 radical (unpaired) electrons. The smallest absolute Gasteiger partial charge is 0.0688 e. The highest BCUT2D eigenvalue weighted by atomic mass is 127. The Morgan fingerprint density at radius 2 is 2.25 bits per heavy atom. The molecule has 0 aliphatic carbocycles. The lowest BCUT2D eigenvalue weighted by Crippen LogP contribution is -2.14. The average molecular weight is 274 g/mol. The van der Waals surface area contributed by atoms with E-state index in [0.29, 0.717) is 0 Å². The van der Waals surface area contributed by atoms with E-state index in [9.17, 15) is 0 Å². The second kappa shape index (κ2) is 3.12. The van der Waals surface area contributed by atoms with Crippen molar-refractivity contribution in [2.75, 3.05) is 17.6 Å². The zero-order valence-electron chi connectivity index (χ0n) is 6.73. The number of nitrogens with one attached hydrogen (secondary N) is 1. The Morgan fingerprint density at radius 1 is 1.42 bits per heavy atom. The number of anilines is 2. The maximum Gasteiger partial charge on any atom is 0.0688 e. The Bertz CT molecular complexity index is 310.